The highest BCUT2D eigenvalue weighted by atomic mass is 35.5. The van der Waals surface area contributed by atoms with Crippen LogP contribution in [0, 0.1) is 6.92 Å². The molecule has 0 radical (unpaired) electrons. The third kappa shape index (κ3) is 5.03. The summed E-state index contributed by atoms with van der Waals surface area (Å²) in [5.74, 6) is -0.490. The molecule has 3 rings (SSSR count). The molecule has 0 atom stereocenters. The van der Waals surface area contributed by atoms with E-state index in [2.05, 4.69) is 5.32 Å². The van der Waals surface area contributed by atoms with Gasteiger partial charge < -0.3 is 5.32 Å². The number of benzene rings is 2. The highest BCUT2D eigenvalue weighted by Gasteiger charge is 2.34. The standard InChI is InChI=1S/C21H19ClN2O3S/c1-14-4-2-3-5-16(14)13-19(25)23-10-11-24-20(26)18(28-21(24)27)12-15-6-8-17(22)9-7-15/h2-9,12H,10-11,13H2,1H3,(H,23,25)/b18-12-. The topological polar surface area (TPSA) is 66.5 Å². The van der Waals surface area contributed by atoms with Gasteiger partial charge in [-0.1, -0.05) is 48.0 Å². The van der Waals surface area contributed by atoms with Gasteiger partial charge in [0.15, 0.2) is 0 Å². The van der Waals surface area contributed by atoms with Crippen molar-refractivity contribution in [2.75, 3.05) is 13.1 Å². The first-order valence-corrected chi connectivity index (χ1v) is 9.95. The number of imide groups is 1. The van der Waals surface area contributed by atoms with E-state index in [1.54, 1.807) is 30.3 Å². The minimum Gasteiger partial charge on any atom is -0.354 e. The van der Waals surface area contributed by atoms with Crippen LogP contribution in [0.15, 0.2) is 53.4 Å². The molecule has 1 fully saturated rings. The van der Waals surface area contributed by atoms with Crippen molar-refractivity contribution in [3.63, 3.8) is 0 Å². The largest absolute Gasteiger partial charge is 0.354 e. The summed E-state index contributed by atoms with van der Waals surface area (Å²) in [6.07, 6.45) is 1.93. The van der Waals surface area contributed by atoms with Crippen LogP contribution in [0.1, 0.15) is 16.7 Å². The van der Waals surface area contributed by atoms with Crippen molar-refractivity contribution in [3.8, 4) is 0 Å². The molecule has 1 aliphatic rings. The van der Waals surface area contributed by atoms with E-state index in [0.29, 0.717) is 9.93 Å². The molecule has 0 aromatic heterocycles. The molecule has 5 nitrogen and oxygen atoms in total. The van der Waals surface area contributed by atoms with Crippen LogP contribution in [0.4, 0.5) is 4.79 Å². The third-order valence-corrected chi connectivity index (χ3v) is 5.47. The molecule has 1 N–H and O–H groups in total. The fraction of sp³-hybridized carbons (Fsp3) is 0.190. The Labute approximate surface area is 172 Å². The smallest absolute Gasteiger partial charge is 0.293 e. The normalized spacial score (nSPS) is 15.4. The maximum atomic E-state index is 12.5. The lowest BCUT2D eigenvalue weighted by atomic mass is 10.1. The molecule has 1 heterocycles. The molecule has 0 unspecified atom stereocenters. The first kappa shape index (κ1) is 20.2. The number of nitrogens with one attached hydrogen (secondary N) is 1. The minimum absolute atomic E-state index is 0.141. The summed E-state index contributed by atoms with van der Waals surface area (Å²) >= 11 is 6.75. The second-order valence-electron chi connectivity index (χ2n) is 6.34. The Kier molecular flexibility index (Phi) is 6.54. The van der Waals surface area contributed by atoms with Crippen molar-refractivity contribution >= 4 is 46.5 Å². The maximum absolute atomic E-state index is 12.5. The predicted octanol–water partition coefficient (Wildman–Crippen LogP) is 4.04. The van der Waals surface area contributed by atoms with Crippen LogP contribution >= 0.6 is 23.4 Å². The molecular formula is C21H19ClN2O3S. The zero-order valence-electron chi connectivity index (χ0n) is 15.3. The monoisotopic (exact) mass is 414 g/mol. The number of hydrogen-bond donors (Lipinski definition) is 1. The van der Waals surface area contributed by atoms with Crippen molar-refractivity contribution in [2.45, 2.75) is 13.3 Å². The van der Waals surface area contributed by atoms with E-state index in [0.717, 1.165) is 33.4 Å². The lowest BCUT2D eigenvalue weighted by molar-refractivity contribution is -0.124. The van der Waals surface area contributed by atoms with Crippen LogP contribution in [0.3, 0.4) is 0 Å². The van der Waals surface area contributed by atoms with Gasteiger partial charge in [0.05, 0.1) is 11.3 Å². The Balaban J connectivity index is 1.54. The van der Waals surface area contributed by atoms with Gasteiger partial charge in [0, 0.05) is 18.1 Å². The number of hydrogen-bond acceptors (Lipinski definition) is 4. The molecule has 0 saturated carbocycles. The van der Waals surface area contributed by atoms with E-state index < -0.39 is 0 Å². The van der Waals surface area contributed by atoms with Crippen LogP contribution in [0.5, 0.6) is 0 Å². The first-order chi connectivity index (χ1) is 13.4. The first-order valence-electron chi connectivity index (χ1n) is 8.76. The van der Waals surface area contributed by atoms with E-state index >= 15 is 0 Å². The molecule has 0 bridgehead atoms. The number of nitrogens with zero attached hydrogens (tertiary/aromatic N) is 1. The zero-order chi connectivity index (χ0) is 20.1. The van der Waals surface area contributed by atoms with Crippen molar-refractivity contribution in [2.24, 2.45) is 0 Å². The van der Waals surface area contributed by atoms with Crippen molar-refractivity contribution in [3.05, 3.63) is 75.1 Å². The molecule has 0 aliphatic carbocycles. The Hall–Kier alpha value is -2.57. The highest BCUT2D eigenvalue weighted by molar-refractivity contribution is 8.18. The van der Waals surface area contributed by atoms with Crippen LogP contribution in [-0.2, 0) is 16.0 Å². The van der Waals surface area contributed by atoms with Gasteiger partial charge in [-0.2, -0.15) is 0 Å². The molecule has 28 heavy (non-hydrogen) atoms. The van der Waals surface area contributed by atoms with E-state index in [1.165, 1.54) is 0 Å². The Morgan fingerprint density at radius 1 is 1.14 bits per heavy atom. The molecule has 0 spiro atoms. The van der Waals surface area contributed by atoms with Gasteiger partial charge in [0.2, 0.25) is 5.91 Å². The van der Waals surface area contributed by atoms with Crippen molar-refractivity contribution in [1.82, 2.24) is 10.2 Å². The van der Waals surface area contributed by atoms with Crippen molar-refractivity contribution < 1.29 is 14.4 Å². The highest BCUT2D eigenvalue weighted by Crippen LogP contribution is 2.32. The average Bonchev–Trinajstić information content (AvgIpc) is 2.93. The van der Waals surface area contributed by atoms with Gasteiger partial charge in [-0.25, -0.2) is 0 Å². The number of thioether (sulfide) groups is 1. The fourth-order valence-electron chi connectivity index (χ4n) is 2.75. The van der Waals surface area contributed by atoms with Crippen LogP contribution < -0.4 is 5.32 Å². The van der Waals surface area contributed by atoms with Crippen LogP contribution in [-0.4, -0.2) is 35.0 Å². The molecule has 144 valence electrons. The second kappa shape index (κ2) is 9.08. The van der Waals surface area contributed by atoms with Gasteiger partial charge in [-0.15, -0.1) is 0 Å². The summed E-state index contributed by atoms with van der Waals surface area (Å²) in [5, 5.41) is 3.04. The summed E-state index contributed by atoms with van der Waals surface area (Å²) in [6, 6.07) is 14.7. The van der Waals surface area contributed by atoms with E-state index in [9.17, 15) is 14.4 Å². The summed E-state index contributed by atoms with van der Waals surface area (Å²) in [7, 11) is 0. The quantitative estimate of drug-likeness (QED) is 0.724. The maximum Gasteiger partial charge on any atom is 0.293 e. The predicted molar refractivity (Wildman–Crippen MR) is 112 cm³/mol. The van der Waals surface area contributed by atoms with E-state index in [1.807, 2.05) is 31.2 Å². The van der Waals surface area contributed by atoms with Gasteiger partial charge in [0.1, 0.15) is 0 Å². The lowest BCUT2D eigenvalue weighted by Crippen LogP contribution is -2.37. The van der Waals surface area contributed by atoms with Crippen molar-refractivity contribution in [1.29, 1.82) is 0 Å². The number of carbonyl (C=O) groups is 3. The van der Waals surface area contributed by atoms with Gasteiger partial charge in [0.25, 0.3) is 11.1 Å². The van der Waals surface area contributed by atoms with E-state index in [-0.39, 0.29) is 36.6 Å². The van der Waals surface area contributed by atoms with E-state index in [4.69, 9.17) is 11.6 Å². The number of aryl methyl sites for hydroxylation is 1. The summed E-state index contributed by atoms with van der Waals surface area (Å²) in [4.78, 5) is 38.2. The molecule has 2 aromatic rings. The molecule has 1 aliphatic heterocycles. The third-order valence-electron chi connectivity index (χ3n) is 4.31. The minimum atomic E-state index is -0.349. The van der Waals surface area contributed by atoms with Crippen LogP contribution in [0.2, 0.25) is 5.02 Å². The summed E-state index contributed by atoms with van der Waals surface area (Å²) in [6.45, 7) is 2.31. The summed E-state index contributed by atoms with van der Waals surface area (Å²) < 4.78 is 0. The van der Waals surface area contributed by atoms with Crippen LogP contribution in [0.25, 0.3) is 6.08 Å². The Morgan fingerprint density at radius 3 is 2.57 bits per heavy atom. The Bertz CT molecular complexity index is 941. The molecule has 3 amide bonds. The summed E-state index contributed by atoms with van der Waals surface area (Å²) in [5.41, 5.74) is 2.80. The number of amides is 3. The van der Waals surface area contributed by atoms with Gasteiger partial charge in [-0.05, 0) is 53.6 Å². The molecular weight excluding hydrogens is 396 g/mol. The average molecular weight is 415 g/mol. The number of halogens is 1. The fourth-order valence-corrected chi connectivity index (χ4v) is 3.75. The molecule has 1 saturated heterocycles. The number of carbonyl (C=O) groups excluding carboxylic acids is 3. The number of rotatable bonds is 6. The lowest BCUT2D eigenvalue weighted by Gasteiger charge is -2.13. The molecule has 2 aromatic carbocycles. The second-order valence-corrected chi connectivity index (χ2v) is 7.77. The molecule has 7 heteroatoms. The SMILES string of the molecule is Cc1ccccc1CC(=O)NCCN1C(=O)S/C(=C\c2ccc(Cl)cc2)C1=O. The van der Waals surface area contributed by atoms with Gasteiger partial charge >= 0.3 is 0 Å². The zero-order valence-corrected chi connectivity index (χ0v) is 16.8. The Morgan fingerprint density at radius 2 is 1.86 bits per heavy atom. The van der Waals surface area contributed by atoms with Gasteiger partial charge in [-0.3, -0.25) is 19.3 Å².